The average Bonchev–Trinajstić information content (AvgIpc) is 2.49. The summed E-state index contributed by atoms with van der Waals surface area (Å²) < 4.78 is 11.1. The van der Waals surface area contributed by atoms with E-state index in [1.165, 1.54) is 0 Å². The highest BCUT2D eigenvalue weighted by atomic mass is 16.5. The van der Waals surface area contributed by atoms with Crippen LogP contribution in [0.15, 0.2) is 54.6 Å². The smallest absolute Gasteiger partial charge is 0.119 e. The molecule has 1 N–H and O–H groups in total. The number of aliphatic hydroxyl groups excluding tert-OH is 1. The molecule has 2 aromatic carbocycles. The number of aliphatic hydroxyl groups is 1. The number of benzene rings is 2. The first kappa shape index (κ1) is 13.4. The summed E-state index contributed by atoms with van der Waals surface area (Å²) in [6, 6.07) is 17.2. The van der Waals surface area contributed by atoms with Gasteiger partial charge in [0.15, 0.2) is 0 Å². The summed E-state index contributed by atoms with van der Waals surface area (Å²) in [6.07, 6.45) is 0.830. The van der Waals surface area contributed by atoms with Gasteiger partial charge in [0, 0.05) is 6.42 Å². The lowest BCUT2D eigenvalue weighted by Gasteiger charge is -2.08. The molecule has 100 valence electrons. The van der Waals surface area contributed by atoms with Gasteiger partial charge in [-0.3, -0.25) is 0 Å². The molecule has 19 heavy (non-hydrogen) atoms. The van der Waals surface area contributed by atoms with E-state index in [1.807, 2.05) is 54.6 Å². The van der Waals surface area contributed by atoms with Crippen LogP contribution in [0.3, 0.4) is 0 Å². The maximum atomic E-state index is 8.93. The Morgan fingerprint density at radius 1 is 0.737 bits per heavy atom. The van der Waals surface area contributed by atoms with Crippen molar-refractivity contribution in [1.82, 2.24) is 0 Å². The van der Waals surface area contributed by atoms with Crippen LogP contribution >= 0.6 is 0 Å². The molecule has 0 bridgehead atoms. The Morgan fingerprint density at radius 2 is 1.32 bits per heavy atom. The second kappa shape index (κ2) is 7.44. The maximum Gasteiger partial charge on any atom is 0.119 e. The molecule has 0 aliphatic heterocycles. The van der Waals surface area contributed by atoms with Gasteiger partial charge in [-0.15, -0.1) is 0 Å². The summed E-state index contributed by atoms with van der Waals surface area (Å²) in [4.78, 5) is 0. The maximum absolute atomic E-state index is 8.93. The lowest BCUT2D eigenvalue weighted by Crippen LogP contribution is -2.04. The summed E-state index contributed by atoms with van der Waals surface area (Å²) in [6.45, 7) is 1.31. The fourth-order valence-corrected chi connectivity index (χ4v) is 1.65. The van der Waals surface area contributed by atoms with Gasteiger partial charge in [0.25, 0.3) is 0 Å². The minimum absolute atomic E-state index is 0.0607. The number of hydrogen-bond acceptors (Lipinski definition) is 3. The van der Waals surface area contributed by atoms with Crippen molar-refractivity contribution in [2.45, 2.75) is 13.0 Å². The topological polar surface area (TPSA) is 38.7 Å². The zero-order chi connectivity index (χ0) is 13.3. The molecule has 0 amide bonds. The van der Waals surface area contributed by atoms with Crippen molar-refractivity contribution >= 4 is 0 Å². The van der Waals surface area contributed by atoms with E-state index in [1.54, 1.807) is 0 Å². The molecule has 0 unspecified atom stereocenters. The molecule has 3 heteroatoms. The monoisotopic (exact) mass is 258 g/mol. The Bertz CT molecular complexity index is 465. The van der Waals surface area contributed by atoms with Crippen molar-refractivity contribution in [2.75, 3.05) is 13.2 Å². The highest BCUT2D eigenvalue weighted by molar-refractivity contribution is 5.26. The zero-order valence-corrected chi connectivity index (χ0v) is 10.8. The molecule has 0 saturated carbocycles. The third-order valence-corrected chi connectivity index (χ3v) is 2.68. The van der Waals surface area contributed by atoms with E-state index in [0.717, 1.165) is 23.5 Å². The van der Waals surface area contributed by atoms with Crippen LogP contribution in [0.2, 0.25) is 0 Å². The first-order valence-electron chi connectivity index (χ1n) is 6.39. The van der Waals surface area contributed by atoms with Gasteiger partial charge in [-0.25, -0.2) is 0 Å². The van der Waals surface area contributed by atoms with Crippen molar-refractivity contribution in [3.63, 3.8) is 0 Å². The minimum atomic E-state index is 0.0607. The van der Waals surface area contributed by atoms with Crippen molar-refractivity contribution in [3.8, 4) is 11.5 Å². The summed E-state index contributed by atoms with van der Waals surface area (Å²) in [5, 5.41) is 8.93. The molecule has 2 rings (SSSR count). The predicted octanol–water partition coefficient (Wildman–Crippen LogP) is 3.03. The van der Waals surface area contributed by atoms with Crippen LogP contribution in [0.4, 0.5) is 0 Å². The molecule has 2 aromatic rings. The van der Waals surface area contributed by atoms with Crippen LogP contribution < -0.4 is 9.47 Å². The van der Waals surface area contributed by atoms with Crippen LogP contribution in [0.1, 0.15) is 12.0 Å². The van der Waals surface area contributed by atoms with Gasteiger partial charge in [0.1, 0.15) is 11.5 Å². The summed E-state index contributed by atoms with van der Waals surface area (Å²) >= 11 is 0. The van der Waals surface area contributed by atoms with Crippen molar-refractivity contribution in [3.05, 3.63) is 60.2 Å². The van der Waals surface area contributed by atoms with Gasteiger partial charge in [0.05, 0.1) is 19.8 Å². The number of ether oxygens (including phenoxy) is 2. The first-order valence-corrected chi connectivity index (χ1v) is 6.39. The van der Waals surface area contributed by atoms with Crippen LogP contribution in [-0.2, 0) is 6.61 Å². The molecule has 0 atom stereocenters. The van der Waals surface area contributed by atoms with Crippen molar-refractivity contribution in [2.24, 2.45) is 0 Å². The van der Waals surface area contributed by atoms with Gasteiger partial charge in [-0.05, 0) is 29.8 Å². The minimum Gasteiger partial charge on any atom is -0.493 e. The second-order valence-electron chi connectivity index (χ2n) is 4.17. The molecular weight excluding hydrogens is 240 g/mol. The van der Waals surface area contributed by atoms with Gasteiger partial charge in [-0.2, -0.15) is 0 Å². The molecule has 0 saturated heterocycles. The molecule has 0 aliphatic carbocycles. The third-order valence-electron chi connectivity index (χ3n) is 2.68. The molecule has 0 radical (unpaired) electrons. The Balaban J connectivity index is 1.63. The van der Waals surface area contributed by atoms with Crippen molar-refractivity contribution < 1.29 is 14.6 Å². The molecule has 0 aliphatic rings. The Hall–Kier alpha value is -2.00. The lowest BCUT2D eigenvalue weighted by atomic mass is 10.2. The molecule has 0 fully saturated rings. The van der Waals surface area contributed by atoms with E-state index in [9.17, 15) is 0 Å². The number of rotatable bonds is 7. The molecule has 0 heterocycles. The van der Waals surface area contributed by atoms with Crippen molar-refractivity contribution in [1.29, 1.82) is 0 Å². The molecule has 3 nitrogen and oxygen atoms in total. The van der Waals surface area contributed by atoms with E-state index in [0.29, 0.717) is 13.2 Å². The summed E-state index contributed by atoms with van der Waals surface area (Å²) in [7, 11) is 0. The third kappa shape index (κ3) is 4.64. The fourth-order valence-electron chi connectivity index (χ4n) is 1.65. The predicted molar refractivity (Wildman–Crippen MR) is 74.4 cm³/mol. The Kier molecular flexibility index (Phi) is 5.26. The summed E-state index contributed by atoms with van der Waals surface area (Å²) in [5.41, 5.74) is 0.889. The normalized spacial score (nSPS) is 10.2. The number of hydrogen-bond donors (Lipinski definition) is 1. The van der Waals surface area contributed by atoms with Crippen LogP contribution in [-0.4, -0.2) is 18.3 Å². The van der Waals surface area contributed by atoms with Gasteiger partial charge >= 0.3 is 0 Å². The van der Waals surface area contributed by atoms with Crippen LogP contribution in [0.25, 0.3) is 0 Å². The highest BCUT2D eigenvalue weighted by Gasteiger charge is 1.96. The highest BCUT2D eigenvalue weighted by Crippen LogP contribution is 2.13. The molecule has 0 aromatic heterocycles. The average molecular weight is 258 g/mol. The van der Waals surface area contributed by atoms with Crippen LogP contribution in [0.5, 0.6) is 11.5 Å². The Labute approximate surface area is 113 Å². The molecular formula is C16H18O3. The summed E-state index contributed by atoms with van der Waals surface area (Å²) in [5.74, 6) is 1.70. The SMILES string of the molecule is OCc1ccc(OCCCOc2ccccc2)cc1. The van der Waals surface area contributed by atoms with Gasteiger partial charge in [-0.1, -0.05) is 30.3 Å². The molecule has 0 spiro atoms. The van der Waals surface area contributed by atoms with Crippen LogP contribution in [0, 0.1) is 0 Å². The quantitative estimate of drug-likeness (QED) is 0.776. The van der Waals surface area contributed by atoms with E-state index < -0.39 is 0 Å². The second-order valence-corrected chi connectivity index (χ2v) is 4.17. The number of para-hydroxylation sites is 1. The first-order chi connectivity index (χ1) is 9.38. The van der Waals surface area contributed by atoms with E-state index in [2.05, 4.69) is 0 Å². The fraction of sp³-hybridized carbons (Fsp3) is 0.250. The van der Waals surface area contributed by atoms with E-state index in [-0.39, 0.29) is 6.61 Å². The Morgan fingerprint density at radius 3 is 1.89 bits per heavy atom. The van der Waals surface area contributed by atoms with Gasteiger partial charge < -0.3 is 14.6 Å². The zero-order valence-electron chi connectivity index (χ0n) is 10.8. The standard InChI is InChI=1S/C16H18O3/c17-13-14-7-9-16(10-8-14)19-12-4-11-18-15-5-2-1-3-6-15/h1-3,5-10,17H,4,11-13H2. The largest absolute Gasteiger partial charge is 0.493 e. The van der Waals surface area contributed by atoms with E-state index in [4.69, 9.17) is 14.6 Å². The van der Waals surface area contributed by atoms with E-state index >= 15 is 0 Å². The lowest BCUT2D eigenvalue weighted by molar-refractivity contribution is 0.247. The van der Waals surface area contributed by atoms with Gasteiger partial charge in [0.2, 0.25) is 0 Å².